The monoisotopic (exact) mass is 409 g/mol. The van der Waals surface area contributed by atoms with Crippen molar-refractivity contribution in [1.29, 1.82) is 0 Å². The number of anilines is 2. The lowest BCUT2D eigenvalue weighted by Crippen LogP contribution is -2.37. The zero-order valence-corrected chi connectivity index (χ0v) is 17.0. The van der Waals surface area contributed by atoms with Gasteiger partial charge in [0.25, 0.3) is 5.69 Å². The highest BCUT2D eigenvalue weighted by Gasteiger charge is 2.18. The Hall–Kier alpha value is -3.96. The zero-order chi connectivity index (χ0) is 21.5. The molecule has 1 unspecified atom stereocenters. The van der Waals surface area contributed by atoms with E-state index in [4.69, 9.17) is 0 Å². The molecular weight excluding hydrogens is 386 g/mol. The summed E-state index contributed by atoms with van der Waals surface area (Å²) in [5, 5.41) is 13.1. The van der Waals surface area contributed by atoms with E-state index in [2.05, 4.69) is 46.8 Å². The molecule has 4 aromatic carbocycles. The molecule has 0 aliphatic carbocycles. The molecule has 0 radical (unpaired) electrons. The van der Waals surface area contributed by atoms with Crippen molar-refractivity contribution in [1.82, 2.24) is 5.43 Å². The Morgan fingerprint density at radius 2 is 1.13 bits per heavy atom. The van der Waals surface area contributed by atoms with Crippen molar-refractivity contribution in [2.75, 3.05) is 11.6 Å². The van der Waals surface area contributed by atoms with Crippen molar-refractivity contribution < 1.29 is 4.92 Å². The van der Waals surface area contributed by atoms with Crippen LogP contribution in [-0.2, 0) is 0 Å². The average Bonchev–Trinajstić information content (AvgIpc) is 2.84. The number of nitro benzene ring substituents is 1. The number of non-ortho nitro benzene ring substituents is 1. The molecule has 0 aliphatic rings. The zero-order valence-electron chi connectivity index (χ0n) is 17.0. The van der Waals surface area contributed by atoms with E-state index in [-0.39, 0.29) is 16.5 Å². The number of nitrogens with one attached hydrogen (secondary N) is 1. The second-order valence-electron chi connectivity index (χ2n) is 7.18. The first-order valence-corrected chi connectivity index (χ1v) is 10.2. The normalized spacial score (nSPS) is 11.6. The van der Waals surface area contributed by atoms with Crippen LogP contribution in [0.4, 0.5) is 17.1 Å². The van der Waals surface area contributed by atoms with Gasteiger partial charge in [-0.1, -0.05) is 78.9 Å². The standard InChI is InChI=1S/C26H23N3O2/c30-29(31)25-18-16-22(17-19-25)26(21-10-4-1-5-11-21)20-27-28(23-12-6-2-7-13-23)24-14-8-3-9-15-24/h1-19,26-27H,20H2. The fraction of sp³-hybridized carbons (Fsp3) is 0.0769. The lowest BCUT2D eigenvalue weighted by Gasteiger charge is -2.29. The summed E-state index contributed by atoms with van der Waals surface area (Å²) in [6.45, 7) is 0.617. The summed E-state index contributed by atoms with van der Waals surface area (Å²) in [7, 11) is 0. The molecule has 5 nitrogen and oxygen atoms in total. The number of nitrogens with zero attached hydrogens (tertiary/aromatic N) is 2. The molecule has 154 valence electrons. The van der Waals surface area contributed by atoms with Gasteiger partial charge in [-0.15, -0.1) is 0 Å². The Morgan fingerprint density at radius 3 is 1.61 bits per heavy atom. The van der Waals surface area contributed by atoms with Gasteiger partial charge in [0.05, 0.1) is 16.3 Å². The van der Waals surface area contributed by atoms with Crippen LogP contribution in [0, 0.1) is 10.1 Å². The van der Waals surface area contributed by atoms with Crippen LogP contribution in [0.5, 0.6) is 0 Å². The lowest BCUT2D eigenvalue weighted by atomic mass is 9.91. The van der Waals surface area contributed by atoms with Gasteiger partial charge in [-0.05, 0) is 35.4 Å². The first-order valence-electron chi connectivity index (χ1n) is 10.2. The van der Waals surface area contributed by atoms with Crippen LogP contribution in [-0.4, -0.2) is 11.5 Å². The molecule has 0 spiro atoms. The Kier molecular flexibility index (Phi) is 6.35. The third-order valence-corrected chi connectivity index (χ3v) is 5.19. The van der Waals surface area contributed by atoms with Crippen molar-refractivity contribution in [3.05, 3.63) is 137 Å². The van der Waals surface area contributed by atoms with Gasteiger partial charge >= 0.3 is 0 Å². The predicted octanol–water partition coefficient (Wildman–Crippen LogP) is 6.07. The van der Waals surface area contributed by atoms with E-state index < -0.39 is 0 Å². The number of hydrogen-bond acceptors (Lipinski definition) is 4. The summed E-state index contributed by atoms with van der Waals surface area (Å²) in [6.07, 6.45) is 0. The number of rotatable bonds is 8. The quantitative estimate of drug-likeness (QED) is 0.283. The fourth-order valence-electron chi connectivity index (χ4n) is 3.61. The molecule has 0 aliphatic heterocycles. The number of nitro groups is 1. The molecule has 0 saturated heterocycles. The SMILES string of the molecule is O=[N+]([O-])c1ccc(C(CNN(c2ccccc2)c2ccccc2)c2ccccc2)cc1. The number of para-hydroxylation sites is 2. The second kappa shape index (κ2) is 9.69. The molecule has 1 atom stereocenters. The van der Waals surface area contributed by atoms with E-state index in [0.29, 0.717) is 6.54 Å². The summed E-state index contributed by atoms with van der Waals surface area (Å²) >= 11 is 0. The van der Waals surface area contributed by atoms with Crippen LogP contribution in [0.3, 0.4) is 0 Å². The molecule has 1 N–H and O–H groups in total. The van der Waals surface area contributed by atoms with E-state index >= 15 is 0 Å². The van der Waals surface area contributed by atoms with E-state index in [1.807, 2.05) is 66.7 Å². The average molecular weight is 409 g/mol. The minimum Gasteiger partial charge on any atom is -0.277 e. The van der Waals surface area contributed by atoms with Gasteiger partial charge in [-0.3, -0.25) is 15.1 Å². The maximum atomic E-state index is 11.1. The van der Waals surface area contributed by atoms with Gasteiger partial charge in [0.1, 0.15) is 0 Å². The third-order valence-electron chi connectivity index (χ3n) is 5.19. The van der Waals surface area contributed by atoms with Crippen molar-refractivity contribution >= 4 is 17.1 Å². The summed E-state index contributed by atoms with van der Waals surface area (Å²) in [6, 6.07) is 37.3. The second-order valence-corrected chi connectivity index (χ2v) is 7.18. The maximum absolute atomic E-state index is 11.1. The van der Waals surface area contributed by atoms with Crippen LogP contribution >= 0.6 is 0 Å². The first-order chi connectivity index (χ1) is 15.2. The van der Waals surface area contributed by atoms with Gasteiger partial charge in [0.15, 0.2) is 0 Å². The van der Waals surface area contributed by atoms with E-state index in [9.17, 15) is 10.1 Å². The van der Waals surface area contributed by atoms with E-state index in [0.717, 1.165) is 22.5 Å². The largest absolute Gasteiger partial charge is 0.277 e. The van der Waals surface area contributed by atoms with Gasteiger partial charge in [0, 0.05) is 24.6 Å². The molecule has 0 aromatic heterocycles. The molecule has 4 rings (SSSR count). The highest BCUT2D eigenvalue weighted by atomic mass is 16.6. The summed E-state index contributed by atoms with van der Waals surface area (Å²) in [4.78, 5) is 10.7. The van der Waals surface area contributed by atoms with Gasteiger partial charge < -0.3 is 0 Å². The van der Waals surface area contributed by atoms with Crippen LogP contribution in [0.15, 0.2) is 115 Å². The molecule has 5 heteroatoms. The Balaban J connectivity index is 1.65. The minimum absolute atomic E-state index is 0.0249. The number of benzene rings is 4. The van der Waals surface area contributed by atoms with Gasteiger partial charge in [0.2, 0.25) is 0 Å². The van der Waals surface area contributed by atoms with Crippen LogP contribution in [0.2, 0.25) is 0 Å². The number of hydrogen-bond donors (Lipinski definition) is 1. The fourth-order valence-corrected chi connectivity index (χ4v) is 3.61. The highest BCUT2D eigenvalue weighted by molar-refractivity contribution is 5.61. The molecule has 0 heterocycles. The van der Waals surface area contributed by atoms with Crippen molar-refractivity contribution in [2.24, 2.45) is 0 Å². The summed E-state index contributed by atoms with van der Waals surface area (Å²) in [5.41, 5.74) is 7.91. The molecule has 0 fully saturated rings. The van der Waals surface area contributed by atoms with E-state index in [1.165, 1.54) is 0 Å². The minimum atomic E-state index is -0.369. The molecule has 0 saturated carbocycles. The maximum Gasteiger partial charge on any atom is 0.269 e. The lowest BCUT2D eigenvalue weighted by molar-refractivity contribution is -0.384. The van der Waals surface area contributed by atoms with Crippen LogP contribution in [0.1, 0.15) is 17.0 Å². The first kappa shape index (κ1) is 20.3. The Labute approximate surface area is 181 Å². The molecule has 31 heavy (non-hydrogen) atoms. The van der Waals surface area contributed by atoms with Crippen LogP contribution in [0.25, 0.3) is 0 Å². The Morgan fingerprint density at radius 1 is 0.677 bits per heavy atom. The third kappa shape index (κ3) is 4.97. The molecular formula is C26H23N3O2. The van der Waals surface area contributed by atoms with Gasteiger partial charge in [-0.2, -0.15) is 0 Å². The van der Waals surface area contributed by atoms with Crippen molar-refractivity contribution in [3.63, 3.8) is 0 Å². The Bertz CT molecular complexity index is 1060. The van der Waals surface area contributed by atoms with Gasteiger partial charge in [-0.25, -0.2) is 5.43 Å². The predicted molar refractivity (Wildman–Crippen MR) is 124 cm³/mol. The summed E-state index contributed by atoms with van der Waals surface area (Å²) in [5.74, 6) is 0.0249. The molecule has 4 aromatic rings. The van der Waals surface area contributed by atoms with Crippen molar-refractivity contribution in [3.8, 4) is 0 Å². The smallest absolute Gasteiger partial charge is 0.269 e. The number of hydrazine groups is 1. The highest BCUT2D eigenvalue weighted by Crippen LogP contribution is 2.28. The van der Waals surface area contributed by atoms with Crippen molar-refractivity contribution in [2.45, 2.75) is 5.92 Å². The molecule has 0 bridgehead atoms. The van der Waals surface area contributed by atoms with Crippen LogP contribution < -0.4 is 10.4 Å². The van der Waals surface area contributed by atoms with E-state index in [1.54, 1.807) is 12.1 Å². The summed E-state index contributed by atoms with van der Waals surface area (Å²) < 4.78 is 0. The molecule has 0 amide bonds. The topological polar surface area (TPSA) is 58.4 Å².